The Hall–Kier alpha value is -1.22. The maximum atomic E-state index is 10.1. The minimum Gasteiger partial charge on any atom is -0.506 e. The minimum absolute atomic E-state index is 0. The van der Waals surface area contributed by atoms with Crippen LogP contribution in [0, 0.1) is 5.92 Å². The summed E-state index contributed by atoms with van der Waals surface area (Å²) in [6, 6.07) is 8.14. The monoisotopic (exact) mass is 487 g/mol. The number of phenolic OH excluding ortho intramolecular Hbond substituents is 1. The molecule has 3 rings (SSSR count). The lowest BCUT2D eigenvalue weighted by molar-refractivity contribution is 0.269. The van der Waals surface area contributed by atoms with Gasteiger partial charge < -0.3 is 25.1 Å². The zero-order valence-electron chi connectivity index (χ0n) is 16.8. The molecule has 6 nitrogen and oxygen atoms in total. The second-order valence-electron chi connectivity index (χ2n) is 7.53. The molecule has 1 aliphatic heterocycles. The fourth-order valence-electron chi connectivity index (χ4n) is 3.71. The van der Waals surface area contributed by atoms with E-state index in [4.69, 9.17) is 4.99 Å². The highest BCUT2D eigenvalue weighted by molar-refractivity contribution is 14.0. The number of aliphatic imine (C=N–C) groups is 1. The van der Waals surface area contributed by atoms with E-state index in [1.165, 1.54) is 12.8 Å². The number of guanidine groups is 1. The second-order valence-corrected chi connectivity index (χ2v) is 7.53. The van der Waals surface area contributed by atoms with Gasteiger partial charge >= 0.3 is 0 Å². The number of aromatic hydroxyl groups is 1. The average Bonchev–Trinajstić information content (AvgIpc) is 3.46. The summed E-state index contributed by atoms with van der Waals surface area (Å²) in [7, 11) is 4.33. The number of rotatable bonds is 6. The Morgan fingerprint density at radius 2 is 1.89 bits per heavy atom. The van der Waals surface area contributed by atoms with Crippen LogP contribution in [0.4, 0.5) is 5.69 Å². The summed E-state index contributed by atoms with van der Waals surface area (Å²) in [6.45, 7) is 7.47. The number of benzene rings is 1. The molecule has 0 spiro atoms. The molecule has 152 valence electrons. The van der Waals surface area contributed by atoms with Crippen molar-refractivity contribution in [3.8, 4) is 5.75 Å². The van der Waals surface area contributed by atoms with Crippen LogP contribution >= 0.6 is 24.0 Å². The van der Waals surface area contributed by atoms with Gasteiger partial charge in [0.05, 0.1) is 12.2 Å². The minimum atomic E-state index is 0. The summed E-state index contributed by atoms with van der Waals surface area (Å²) >= 11 is 0. The van der Waals surface area contributed by atoms with E-state index in [2.05, 4.69) is 41.0 Å². The molecule has 2 fully saturated rings. The molecular formula is C20H34IN5O. The van der Waals surface area contributed by atoms with Crippen LogP contribution in [0.3, 0.4) is 0 Å². The van der Waals surface area contributed by atoms with Crippen LogP contribution < -0.4 is 10.2 Å². The number of hydrogen-bond donors (Lipinski definition) is 2. The van der Waals surface area contributed by atoms with Gasteiger partial charge in [-0.15, -0.1) is 24.0 Å². The maximum absolute atomic E-state index is 10.1. The third-order valence-electron chi connectivity index (χ3n) is 5.39. The molecule has 1 saturated carbocycles. The van der Waals surface area contributed by atoms with E-state index in [9.17, 15) is 5.11 Å². The van der Waals surface area contributed by atoms with Gasteiger partial charge in [0.25, 0.3) is 0 Å². The van der Waals surface area contributed by atoms with Gasteiger partial charge in [-0.2, -0.15) is 0 Å². The van der Waals surface area contributed by atoms with Crippen LogP contribution in [0.5, 0.6) is 5.75 Å². The highest BCUT2D eigenvalue weighted by Gasteiger charge is 2.32. The van der Waals surface area contributed by atoms with Gasteiger partial charge in [0.15, 0.2) is 5.96 Å². The summed E-state index contributed by atoms with van der Waals surface area (Å²) < 4.78 is 0. The molecular weight excluding hydrogens is 453 g/mol. The Morgan fingerprint density at radius 1 is 1.22 bits per heavy atom. The highest BCUT2D eigenvalue weighted by atomic mass is 127. The van der Waals surface area contributed by atoms with E-state index < -0.39 is 0 Å². The molecule has 1 atom stereocenters. The number of para-hydroxylation sites is 2. The van der Waals surface area contributed by atoms with Gasteiger partial charge in [-0.1, -0.05) is 12.1 Å². The SMILES string of the molecule is CCNC(=NCC(C1CC1)N(C)C)N1CCN(c2ccccc2O)CC1.I. The molecule has 1 aromatic rings. The lowest BCUT2D eigenvalue weighted by Crippen LogP contribution is -2.53. The van der Waals surface area contributed by atoms with Gasteiger partial charge in [-0.25, -0.2) is 0 Å². The molecule has 1 unspecified atom stereocenters. The van der Waals surface area contributed by atoms with Gasteiger partial charge in [-0.3, -0.25) is 4.99 Å². The van der Waals surface area contributed by atoms with Crippen LogP contribution in [0.1, 0.15) is 19.8 Å². The predicted octanol–water partition coefficient (Wildman–Crippen LogP) is 2.44. The normalized spacial score (nSPS) is 19.0. The molecule has 2 N–H and O–H groups in total. The molecule has 1 saturated heterocycles. The Kier molecular flexibility index (Phi) is 8.47. The molecule has 0 radical (unpaired) electrons. The first-order valence-electron chi connectivity index (χ1n) is 9.82. The Bertz CT molecular complexity index is 610. The predicted molar refractivity (Wildman–Crippen MR) is 123 cm³/mol. The summed E-state index contributed by atoms with van der Waals surface area (Å²) in [5.74, 6) is 2.20. The molecule has 7 heteroatoms. The van der Waals surface area contributed by atoms with Crippen LogP contribution in [0.15, 0.2) is 29.3 Å². The second kappa shape index (κ2) is 10.4. The van der Waals surface area contributed by atoms with E-state index >= 15 is 0 Å². The van der Waals surface area contributed by atoms with Crippen LogP contribution in [-0.2, 0) is 0 Å². The number of nitrogens with one attached hydrogen (secondary N) is 1. The van der Waals surface area contributed by atoms with Crippen molar-refractivity contribution in [1.82, 2.24) is 15.1 Å². The Labute approximate surface area is 180 Å². The lowest BCUT2D eigenvalue weighted by Gasteiger charge is -2.38. The van der Waals surface area contributed by atoms with Crippen molar-refractivity contribution in [2.45, 2.75) is 25.8 Å². The molecule has 1 aromatic carbocycles. The number of likely N-dealkylation sites (N-methyl/N-ethyl adjacent to an activating group) is 1. The van der Waals surface area contributed by atoms with E-state index in [-0.39, 0.29) is 24.0 Å². The van der Waals surface area contributed by atoms with Crippen molar-refractivity contribution in [3.05, 3.63) is 24.3 Å². The molecule has 27 heavy (non-hydrogen) atoms. The van der Waals surface area contributed by atoms with Crippen molar-refractivity contribution in [2.24, 2.45) is 10.9 Å². The fourth-order valence-corrected chi connectivity index (χ4v) is 3.71. The standard InChI is InChI=1S/C20H33N5O.HI/c1-4-21-20(22-15-18(23(2)3)16-9-10-16)25-13-11-24(12-14-25)17-7-5-6-8-19(17)26;/h5-8,16,18,26H,4,9-15H2,1-3H3,(H,21,22);1H. The fraction of sp³-hybridized carbons (Fsp3) is 0.650. The van der Waals surface area contributed by atoms with E-state index in [0.29, 0.717) is 11.8 Å². The number of nitrogens with zero attached hydrogens (tertiary/aromatic N) is 4. The van der Waals surface area contributed by atoms with E-state index in [1.807, 2.05) is 18.2 Å². The number of phenols is 1. The van der Waals surface area contributed by atoms with Gasteiger partial charge in [0.2, 0.25) is 0 Å². The molecule has 1 heterocycles. The molecule has 0 bridgehead atoms. The van der Waals surface area contributed by atoms with Crippen molar-refractivity contribution >= 4 is 35.6 Å². The number of hydrogen-bond acceptors (Lipinski definition) is 4. The number of anilines is 1. The highest BCUT2D eigenvalue weighted by Crippen LogP contribution is 2.34. The largest absolute Gasteiger partial charge is 0.506 e. The topological polar surface area (TPSA) is 54.3 Å². The maximum Gasteiger partial charge on any atom is 0.194 e. The zero-order chi connectivity index (χ0) is 18.5. The first-order chi connectivity index (χ1) is 12.6. The average molecular weight is 487 g/mol. The third-order valence-corrected chi connectivity index (χ3v) is 5.39. The zero-order valence-corrected chi connectivity index (χ0v) is 19.1. The van der Waals surface area contributed by atoms with Gasteiger partial charge in [-0.05, 0) is 51.9 Å². The van der Waals surface area contributed by atoms with Gasteiger partial charge in [0.1, 0.15) is 5.75 Å². The molecule has 0 amide bonds. The summed E-state index contributed by atoms with van der Waals surface area (Å²) in [5.41, 5.74) is 0.926. The Balaban J connectivity index is 0.00000261. The lowest BCUT2D eigenvalue weighted by atomic mass is 10.2. The van der Waals surface area contributed by atoms with Crippen molar-refractivity contribution in [3.63, 3.8) is 0 Å². The van der Waals surface area contributed by atoms with E-state index in [0.717, 1.165) is 56.8 Å². The van der Waals surface area contributed by atoms with Crippen molar-refractivity contribution in [2.75, 3.05) is 58.3 Å². The van der Waals surface area contributed by atoms with Crippen LogP contribution in [0.25, 0.3) is 0 Å². The van der Waals surface area contributed by atoms with Crippen molar-refractivity contribution in [1.29, 1.82) is 0 Å². The quantitative estimate of drug-likeness (QED) is 0.367. The van der Waals surface area contributed by atoms with E-state index in [1.54, 1.807) is 6.07 Å². The third kappa shape index (κ3) is 5.88. The number of halogens is 1. The first kappa shape index (κ1) is 22.1. The van der Waals surface area contributed by atoms with Crippen molar-refractivity contribution < 1.29 is 5.11 Å². The number of piperazine rings is 1. The molecule has 2 aliphatic rings. The van der Waals surface area contributed by atoms with Gasteiger partial charge in [0, 0.05) is 38.8 Å². The Morgan fingerprint density at radius 3 is 2.44 bits per heavy atom. The van der Waals surface area contributed by atoms with Crippen LogP contribution in [0.2, 0.25) is 0 Å². The van der Waals surface area contributed by atoms with Crippen LogP contribution in [-0.4, -0.2) is 80.3 Å². The first-order valence-corrected chi connectivity index (χ1v) is 9.82. The molecule has 1 aliphatic carbocycles. The summed E-state index contributed by atoms with van der Waals surface area (Å²) in [6.07, 6.45) is 2.68. The summed E-state index contributed by atoms with van der Waals surface area (Å²) in [5, 5.41) is 13.5. The smallest absolute Gasteiger partial charge is 0.194 e. The summed E-state index contributed by atoms with van der Waals surface area (Å²) in [4.78, 5) is 11.9. The molecule has 0 aromatic heterocycles.